The number of hydrogen-bond donors (Lipinski definition) is 1. The number of para-hydroxylation sites is 1. The maximum Gasteiger partial charge on any atom is 0.259 e. The average Bonchev–Trinajstić information content (AvgIpc) is 3.01. The Labute approximate surface area is 166 Å². The van der Waals surface area contributed by atoms with Crippen molar-refractivity contribution < 1.29 is 9.32 Å². The number of anilines is 1. The van der Waals surface area contributed by atoms with E-state index in [4.69, 9.17) is 4.52 Å². The summed E-state index contributed by atoms with van der Waals surface area (Å²) in [7, 11) is 0. The number of carbonyl (C=O) groups excluding carboxylic acids is 1. The molecule has 0 aliphatic heterocycles. The predicted molar refractivity (Wildman–Crippen MR) is 113 cm³/mol. The van der Waals surface area contributed by atoms with E-state index >= 15 is 0 Å². The van der Waals surface area contributed by atoms with E-state index in [0.717, 1.165) is 22.5 Å². The van der Waals surface area contributed by atoms with E-state index in [2.05, 4.69) is 61.4 Å². The van der Waals surface area contributed by atoms with Gasteiger partial charge in [-0.15, -0.1) is 0 Å². The quantitative estimate of drug-likeness (QED) is 0.577. The second-order valence-corrected chi connectivity index (χ2v) is 8.27. The lowest BCUT2D eigenvalue weighted by Gasteiger charge is -2.20. The lowest BCUT2D eigenvalue weighted by molar-refractivity contribution is 0.102. The van der Waals surface area contributed by atoms with Gasteiger partial charge in [0.05, 0.1) is 16.6 Å². The third-order valence-electron chi connectivity index (χ3n) is 5.08. The highest BCUT2D eigenvalue weighted by molar-refractivity contribution is 6.13. The van der Waals surface area contributed by atoms with E-state index in [1.54, 1.807) is 0 Å². The fourth-order valence-corrected chi connectivity index (χ4v) is 3.46. The molecule has 2 heterocycles. The first kappa shape index (κ1) is 20.1. The molecule has 3 rings (SSSR count). The summed E-state index contributed by atoms with van der Waals surface area (Å²) in [6.07, 6.45) is 0. The summed E-state index contributed by atoms with van der Waals surface area (Å²) in [5.41, 5.74) is 5.63. The molecule has 3 aromatic rings. The minimum Gasteiger partial charge on any atom is -0.336 e. The zero-order chi connectivity index (χ0) is 20.6. The topological polar surface area (TPSA) is 68.0 Å². The lowest BCUT2D eigenvalue weighted by atomic mass is 9.92. The highest BCUT2D eigenvalue weighted by Crippen LogP contribution is 2.33. The summed E-state index contributed by atoms with van der Waals surface area (Å²) in [4.78, 5) is 17.9. The van der Waals surface area contributed by atoms with Gasteiger partial charge in [-0.25, -0.2) is 4.98 Å². The van der Waals surface area contributed by atoms with E-state index in [-0.39, 0.29) is 11.8 Å². The Morgan fingerprint density at radius 3 is 2.14 bits per heavy atom. The number of rotatable bonds is 5. The van der Waals surface area contributed by atoms with Crippen LogP contribution in [-0.2, 0) is 0 Å². The van der Waals surface area contributed by atoms with Gasteiger partial charge in [0.2, 0.25) is 0 Å². The van der Waals surface area contributed by atoms with E-state index in [0.29, 0.717) is 34.2 Å². The Bertz CT molecular complexity index is 990. The molecule has 0 saturated heterocycles. The van der Waals surface area contributed by atoms with Crippen molar-refractivity contribution in [1.82, 2.24) is 10.1 Å². The minimum absolute atomic E-state index is 0.157. The van der Waals surface area contributed by atoms with Crippen molar-refractivity contribution >= 4 is 22.7 Å². The molecule has 0 radical (unpaired) electrons. The molecule has 148 valence electrons. The summed E-state index contributed by atoms with van der Waals surface area (Å²) in [5, 5.41) is 7.89. The fraction of sp³-hybridized carbons (Fsp3) is 0.435. The largest absolute Gasteiger partial charge is 0.336 e. The number of pyridine rings is 1. The van der Waals surface area contributed by atoms with Gasteiger partial charge in [-0.1, -0.05) is 64.9 Å². The molecule has 1 aromatic carbocycles. The lowest BCUT2D eigenvalue weighted by Crippen LogP contribution is -2.17. The normalized spacial score (nSPS) is 11.8. The van der Waals surface area contributed by atoms with Crippen molar-refractivity contribution in [3.05, 3.63) is 52.3 Å². The number of nitrogens with one attached hydrogen (secondary N) is 1. The molecular weight excluding hydrogens is 350 g/mol. The molecule has 1 amide bonds. The van der Waals surface area contributed by atoms with Crippen molar-refractivity contribution in [3.63, 3.8) is 0 Å². The Morgan fingerprint density at radius 2 is 1.61 bits per heavy atom. The Balaban J connectivity index is 2.13. The first-order valence-corrected chi connectivity index (χ1v) is 9.91. The van der Waals surface area contributed by atoms with Crippen LogP contribution in [0.1, 0.15) is 92.2 Å². The van der Waals surface area contributed by atoms with Crippen LogP contribution < -0.4 is 5.32 Å². The highest BCUT2D eigenvalue weighted by Gasteiger charge is 2.22. The molecule has 2 aromatic heterocycles. The molecular formula is C23H29N3O2. The second kappa shape index (κ2) is 7.74. The van der Waals surface area contributed by atoms with Gasteiger partial charge in [0, 0.05) is 11.4 Å². The zero-order valence-electron chi connectivity index (χ0n) is 17.8. The highest BCUT2D eigenvalue weighted by atomic mass is 16.5. The molecule has 0 fully saturated rings. The number of nitrogens with zero attached hydrogens (tertiary/aromatic N) is 2. The standard InChI is InChI=1S/C23H29N3O2/c1-12(2)16-9-8-10-17(13(3)4)21(16)25-22(27)18-11-19(14(5)6)24-23-20(18)15(7)26-28-23/h8-14H,1-7H3,(H,25,27). The van der Waals surface area contributed by atoms with Crippen LogP contribution in [0.2, 0.25) is 0 Å². The Kier molecular flexibility index (Phi) is 5.54. The first-order chi connectivity index (χ1) is 13.2. The van der Waals surface area contributed by atoms with Crippen molar-refractivity contribution in [2.75, 3.05) is 5.32 Å². The molecule has 0 aliphatic rings. The third kappa shape index (κ3) is 3.66. The van der Waals surface area contributed by atoms with Crippen molar-refractivity contribution in [2.24, 2.45) is 0 Å². The van der Waals surface area contributed by atoms with Crippen LogP contribution in [0.5, 0.6) is 0 Å². The van der Waals surface area contributed by atoms with E-state index in [1.165, 1.54) is 0 Å². The maximum atomic E-state index is 13.4. The van der Waals surface area contributed by atoms with Gasteiger partial charge in [-0.3, -0.25) is 4.79 Å². The van der Waals surface area contributed by atoms with Crippen molar-refractivity contribution in [3.8, 4) is 0 Å². The third-order valence-corrected chi connectivity index (χ3v) is 5.08. The van der Waals surface area contributed by atoms with E-state index in [1.807, 2.05) is 26.8 Å². The van der Waals surface area contributed by atoms with Crippen LogP contribution in [-0.4, -0.2) is 16.0 Å². The molecule has 0 unspecified atom stereocenters. The van der Waals surface area contributed by atoms with Crippen LogP contribution in [0.25, 0.3) is 11.1 Å². The number of fused-ring (bicyclic) bond motifs is 1. The Morgan fingerprint density at radius 1 is 1.00 bits per heavy atom. The van der Waals surface area contributed by atoms with Gasteiger partial charge >= 0.3 is 0 Å². The number of carbonyl (C=O) groups is 1. The Hall–Kier alpha value is -2.69. The van der Waals surface area contributed by atoms with Crippen LogP contribution in [0.15, 0.2) is 28.8 Å². The summed E-state index contributed by atoms with van der Waals surface area (Å²) in [6, 6.07) is 8.09. The average molecular weight is 380 g/mol. The monoisotopic (exact) mass is 379 g/mol. The van der Waals surface area contributed by atoms with Gasteiger partial charge < -0.3 is 9.84 Å². The molecule has 5 heteroatoms. The predicted octanol–water partition coefficient (Wildman–Crippen LogP) is 6.15. The van der Waals surface area contributed by atoms with Crippen molar-refractivity contribution in [2.45, 2.75) is 66.2 Å². The minimum atomic E-state index is -0.157. The van der Waals surface area contributed by atoms with Gasteiger partial charge in [-0.05, 0) is 41.9 Å². The number of benzene rings is 1. The van der Waals surface area contributed by atoms with E-state index in [9.17, 15) is 4.79 Å². The molecule has 0 bridgehead atoms. The fourth-order valence-electron chi connectivity index (χ4n) is 3.46. The number of aromatic nitrogens is 2. The second-order valence-electron chi connectivity index (χ2n) is 8.27. The molecule has 5 nitrogen and oxygen atoms in total. The van der Waals surface area contributed by atoms with Gasteiger partial charge in [0.1, 0.15) is 0 Å². The molecule has 0 atom stereocenters. The zero-order valence-corrected chi connectivity index (χ0v) is 17.8. The van der Waals surface area contributed by atoms with Crippen LogP contribution >= 0.6 is 0 Å². The van der Waals surface area contributed by atoms with Crippen LogP contribution in [0.3, 0.4) is 0 Å². The van der Waals surface area contributed by atoms with E-state index < -0.39 is 0 Å². The van der Waals surface area contributed by atoms with Crippen LogP contribution in [0.4, 0.5) is 5.69 Å². The van der Waals surface area contributed by atoms with Crippen LogP contribution in [0, 0.1) is 6.92 Å². The number of amides is 1. The molecule has 0 aliphatic carbocycles. The number of aryl methyl sites for hydroxylation is 1. The SMILES string of the molecule is Cc1noc2nc(C(C)C)cc(C(=O)Nc3c(C(C)C)cccc3C(C)C)c12. The van der Waals surface area contributed by atoms with Gasteiger partial charge in [0.15, 0.2) is 0 Å². The summed E-state index contributed by atoms with van der Waals surface area (Å²) in [5.74, 6) is 0.621. The van der Waals surface area contributed by atoms with Crippen molar-refractivity contribution in [1.29, 1.82) is 0 Å². The molecule has 1 N–H and O–H groups in total. The molecule has 0 spiro atoms. The molecule has 0 saturated carbocycles. The summed E-state index contributed by atoms with van der Waals surface area (Å²) >= 11 is 0. The van der Waals surface area contributed by atoms with Gasteiger partial charge in [-0.2, -0.15) is 0 Å². The summed E-state index contributed by atoms with van der Waals surface area (Å²) < 4.78 is 5.36. The molecule has 28 heavy (non-hydrogen) atoms. The first-order valence-electron chi connectivity index (χ1n) is 9.91. The van der Waals surface area contributed by atoms with Gasteiger partial charge in [0.25, 0.3) is 11.6 Å². The number of hydrogen-bond acceptors (Lipinski definition) is 4. The summed E-state index contributed by atoms with van der Waals surface area (Å²) in [6.45, 7) is 14.5. The maximum absolute atomic E-state index is 13.4. The smallest absolute Gasteiger partial charge is 0.259 e.